The van der Waals surface area contributed by atoms with Crippen molar-refractivity contribution < 1.29 is 4.79 Å². The molecule has 21 heavy (non-hydrogen) atoms. The van der Waals surface area contributed by atoms with Gasteiger partial charge in [-0.1, -0.05) is 23.7 Å². The molecule has 0 aliphatic heterocycles. The lowest BCUT2D eigenvalue weighted by molar-refractivity contribution is 0.0957. The highest BCUT2D eigenvalue weighted by Gasteiger charge is 2.09. The normalized spacial score (nSPS) is 10.0. The van der Waals surface area contributed by atoms with Crippen LogP contribution in [0.2, 0.25) is 5.02 Å². The van der Waals surface area contributed by atoms with Crippen molar-refractivity contribution in [3.05, 3.63) is 46.3 Å². The maximum absolute atomic E-state index is 12.0. The van der Waals surface area contributed by atoms with Crippen molar-refractivity contribution in [1.82, 2.24) is 10.6 Å². The van der Waals surface area contributed by atoms with E-state index in [2.05, 4.69) is 10.6 Å². The molecule has 6 heteroatoms. The summed E-state index contributed by atoms with van der Waals surface area (Å²) in [7, 11) is 1.90. The number of nitrogens with one attached hydrogen (secondary N) is 2. The Bertz CT molecular complexity index is 569. The van der Waals surface area contributed by atoms with Crippen LogP contribution < -0.4 is 10.6 Å². The van der Waals surface area contributed by atoms with Gasteiger partial charge in [0.1, 0.15) is 0 Å². The summed E-state index contributed by atoms with van der Waals surface area (Å²) in [6.45, 7) is 1.59. The first kappa shape index (κ1) is 18.0. The zero-order chi connectivity index (χ0) is 14.4. The molecule has 2 N–H and O–H groups in total. The zero-order valence-corrected chi connectivity index (χ0v) is 14.1. The number of hydrogen-bond donors (Lipinski definition) is 2. The molecular weight excluding hydrogens is 327 g/mol. The Morgan fingerprint density at radius 1 is 1.14 bits per heavy atom. The molecule has 1 amide bonds. The molecule has 2 rings (SSSR count). The molecule has 0 aliphatic carbocycles. The van der Waals surface area contributed by atoms with Gasteiger partial charge in [-0.05, 0) is 49.8 Å². The van der Waals surface area contributed by atoms with E-state index < -0.39 is 0 Å². The highest BCUT2D eigenvalue weighted by Crippen LogP contribution is 2.28. The monoisotopic (exact) mass is 344 g/mol. The van der Waals surface area contributed by atoms with Crippen molar-refractivity contribution in [2.45, 2.75) is 6.42 Å². The Hall–Kier alpha value is -1.07. The topological polar surface area (TPSA) is 41.1 Å². The van der Waals surface area contributed by atoms with E-state index in [9.17, 15) is 4.79 Å². The lowest BCUT2D eigenvalue weighted by Crippen LogP contribution is -2.25. The van der Waals surface area contributed by atoms with Crippen molar-refractivity contribution in [2.24, 2.45) is 0 Å². The fourth-order valence-electron chi connectivity index (χ4n) is 1.78. The SMILES string of the molecule is CNCCCNC(=O)c1ccc(-c2ccc(Cl)cc2)s1.Cl. The van der Waals surface area contributed by atoms with Crippen LogP contribution in [0.1, 0.15) is 16.1 Å². The summed E-state index contributed by atoms with van der Waals surface area (Å²) < 4.78 is 0. The number of rotatable bonds is 6. The molecule has 0 unspecified atom stereocenters. The van der Waals surface area contributed by atoms with Gasteiger partial charge in [-0.3, -0.25) is 4.79 Å². The maximum Gasteiger partial charge on any atom is 0.261 e. The van der Waals surface area contributed by atoms with E-state index in [1.54, 1.807) is 0 Å². The number of halogens is 2. The molecule has 0 spiro atoms. The van der Waals surface area contributed by atoms with Crippen LogP contribution >= 0.6 is 35.3 Å². The Kier molecular flexibility index (Phi) is 7.75. The van der Waals surface area contributed by atoms with Crippen molar-refractivity contribution in [1.29, 1.82) is 0 Å². The minimum Gasteiger partial charge on any atom is -0.351 e. The summed E-state index contributed by atoms with van der Waals surface area (Å²) in [6.07, 6.45) is 0.928. The second-order valence-corrected chi connectivity index (χ2v) is 5.90. The molecule has 1 heterocycles. The molecule has 0 bridgehead atoms. The van der Waals surface area contributed by atoms with Crippen LogP contribution in [0.3, 0.4) is 0 Å². The Morgan fingerprint density at radius 3 is 2.52 bits per heavy atom. The van der Waals surface area contributed by atoms with Crippen LogP contribution in [0.4, 0.5) is 0 Å². The van der Waals surface area contributed by atoms with E-state index in [1.807, 2.05) is 43.4 Å². The summed E-state index contributed by atoms with van der Waals surface area (Å²) in [4.78, 5) is 13.8. The Labute approximate surface area is 140 Å². The second kappa shape index (κ2) is 9.05. The summed E-state index contributed by atoms with van der Waals surface area (Å²) in [5.74, 6) is -0.00804. The number of amides is 1. The van der Waals surface area contributed by atoms with Crippen LogP contribution in [0.25, 0.3) is 10.4 Å². The van der Waals surface area contributed by atoms with Crippen molar-refractivity contribution >= 4 is 41.3 Å². The zero-order valence-electron chi connectivity index (χ0n) is 11.7. The van der Waals surface area contributed by atoms with Gasteiger partial charge >= 0.3 is 0 Å². The van der Waals surface area contributed by atoms with E-state index in [0.29, 0.717) is 11.6 Å². The minimum atomic E-state index is -0.00804. The highest BCUT2D eigenvalue weighted by molar-refractivity contribution is 7.17. The third-order valence-corrected chi connectivity index (χ3v) is 4.23. The number of thiophene rings is 1. The van der Waals surface area contributed by atoms with Gasteiger partial charge < -0.3 is 10.6 Å². The third-order valence-electron chi connectivity index (χ3n) is 2.85. The summed E-state index contributed by atoms with van der Waals surface area (Å²) in [5.41, 5.74) is 1.08. The van der Waals surface area contributed by atoms with Gasteiger partial charge in [0.2, 0.25) is 0 Å². The lowest BCUT2D eigenvalue weighted by Gasteiger charge is -2.02. The van der Waals surface area contributed by atoms with Crippen molar-refractivity contribution in [2.75, 3.05) is 20.1 Å². The summed E-state index contributed by atoms with van der Waals surface area (Å²) in [5, 5.41) is 6.69. The molecule has 1 aromatic heterocycles. The Balaban J connectivity index is 0.00000220. The molecule has 3 nitrogen and oxygen atoms in total. The average molecular weight is 345 g/mol. The average Bonchev–Trinajstić information content (AvgIpc) is 2.94. The van der Waals surface area contributed by atoms with E-state index in [4.69, 9.17) is 11.6 Å². The molecule has 0 atom stereocenters. The van der Waals surface area contributed by atoms with E-state index in [-0.39, 0.29) is 18.3 Å². The van der Waals surface area contributed by atoms with Gasteiger partial charge in [-0.2, -0.15) is 0 Å². The number of benzene rings is 1. The molecule has 0 saturated carbocycles. The number of hydrogen-bond acceptors (Lipinski definition) is 3. The van der Waals surface area contributed by atoms with Gasteiger partial charge in [0.05, 0.1) is 4.88 Å². The van der Waals surface area contributed by atoms with Gasteiger partial charge in [0.25, 0.3) is 5.91 Å². The smallest absolute Gasteiger partial charge is 0.261 e. The highest BCUT2D eigenvalue weighted by atomic mass is 35.5. The quantitative estimate of drug-likeness (QED) is 0.782. The van der Waals surface area contributed by atoms with Gasteiger partial charge in [-0.25, -0.2) is 0 Å². The fraction of sp³-hybridized carbons (Fsp3) is 0.267. The first-order valence-electron chi connectivity index (χ1n) is 6.49. The molecule has 114 valence electrons. The van der Waals surface area contributed by atoms with Crippen LogP contribution in [0, 0.1) is 0 Å². The largest absolute Gasteiger partial charge is 0.351 e. The molecule has 2 aromatic rings. The predicted octanol–water partition coefficient (Wildman–Crippen LogP) is 3.83. The predicted molar refractivity (Wildman–Crippen MR) is 92.9 cm³/mol. The van der Waals surface area contributed by atoms with Gasteiger partial charge in [0.15, 0.2) is 0 Å². The molecule has 1 aromatic carbocycles. The summed E-state index contributed by atoms with van der Waals surface area (Å²) >= 11 is 7.36. The first-order valence-corrected chi connectivity index (χ1v) is 7.68. The maximum atomic E-state index is 12.0. The third kappa shape index (κ3) is 5.32. The fourth-order valence-corrected chi connectivity index (χ4v) is 2.84. The van der Waals surface area contributed by atoms with Crippen LogP contribution in [-0.2, 0) is 0 Å². The van der Waals surface area contributed by atoms with Crippen LogP contribution in [-0.4, -0.2) is 26.0 Å². The second-order valence-electron chi connectivity index (χ2n) is 4.38. The lowest BCUT2D eigenvalue weighted by atomic mass is 10.2. The van der Waals surface area contributed by atoms with Gasteiger partial charge in [0, 0.05) is 16.4 Å². The molecule has 0 fully saturated rings. The van der Waals surface area contributed by atoms with Crippen LogP contribution in [0.5, 0.6) is 0 Å². The summed E-state index contributed by atoms with van der Waals surface area (Å²) in [6, 6.07) is 11.5. The van der Waals surface area contributed by atoms with E-state index in [1.165, 1.54) is 11.3 Å². The molecule has 0 saturated heterocycles. The number of carbonyl (C=O) groups excluding carboxylic acids is 1. The van der Waals surface area contributed by atoms with Crippen molar-refractivity contribution in [3.63, 3.8) is 0 Å². The van der Waals surface area contributed by atoms with Crippen molar-refractivity contribution in [3.8, 4) is 10.4 Å². The van der Waals surface area contributed by atoms with Gasteiger partial charge in [-0.15, -0.1) is 23.7 Å². The van der Waals surface area contributed by atoms with Crippen LogP contribution in [0.15, 0.2) is 36.4 Å². The molecular formula is C15H18Cl2N2OS. The number of carbonyl (C=O) groups is 1. The molecule has 0 radical (unpaired) electrons. The van der Waals surface area contributed by atoms with E-state index >= 15 is 0 Å². The first-order chi connectivity index (χ1) is 9.70. The molecule has 0 aliphatic rings. The standard InChI is InChI=1S/C15H17ClN2OS.ClH/c1-17-9-2-10-18-15(19)14-8-7-13(20-14)11-3-5-12(16)6-4-11;/h3-8,17H,2,9-10H2,1H3,(H,18,19);1H. The Morgan fingerprint density at radius 2 is 1.86 bits per heavy atom. The van der Waals surface area contributed by atoms with E-state index in [0.717, 1.165) is 28.3 Å². The minimum absolute atomic E-state index is 0.